The van der Waals surface area contributed by atoms with Crippen molar-refractivity contribution in [2.24, 2.45) is 4.99 Å². The second kappa shape index (κ2) is 4.53. The lowest BCUT2D eigenvalue weighted by atomic mass is 10.1. The zero-order valence-corrected chi connectivity index (χ0v) is 11.3. The molecule has 3 rings (SSSR count). The highest BCUT2D eigenvalue weighted by molar-refractivity contribution is 8.42. The molecule has 0 aliphatic carbocycles. The van der Waals surface area contributed by atoms with Gasteiger partial charge in [-0.2, -0.15) is 0 Å². The lowest BCUT2D eigenvalue weighted by molar-refractivity contribution is 0.148. The van der Waals surface area contributed by atoms with Crippen molar-refractivity contribution in [2.45, 2.75) is 10.9 Å². The predicted molar refractivity (Wildman–Crippen MR) is 77.7 cm³/mol. The van der Waals surface area contributed by atoms with Crippen LogP contribution in [0.5, 0.6) is 0 Å². The normalized spacial score (nSPS) is 26.7. The fraction of sp³-hybridized carbons (Fsp3) is 0.273. The van der Waals surface area contributed by atoms with Crippen molar-refractivity contribution in [2.75, 3.05) is 18.5 Å². The Bertz CT molecular complexity index is 542. The summed E-state index contributed by atoms with van der Waals surface area (Å²) in [5.41, 5.74) is 2.17. The topological polar surface area (TPSA) is 33.6 Å². The molecule has 2 atom stereocenters. The molecule has 88 valence electrons. The molecule has 1 aromatic carbocycles. The number of nitrogens with zero attached hydrogens (tertiary/aromatic N) is 1. The highest BCUT2D eigenvalue weighted by Gasteiger charge is 2.26. The molecule has 0 bridgehead atoms. The summed E-state index contributed by atoms with van der Waals surface area (Å²) in [7, 11) is -0.396. The van der Waals surface area contributed by atoms with Crippen LogP contribution in [0.2, 0.25) is 0 Å². The van der Waals surface area contributed by atoms with Crippen LogP contribution in [0.1, 0.15) is 11.6 Å². The van der Waals surface area contributed by atoms with E-state index in [1.165, 1.54) is 0 Å². The van der Waals surface area contributed by atoms with E-state index in [4.69, 9.17) is 28.1 Å². The summed E-state index contributed by atoms with van der Waals surface area (Å²) >= 11 is 10.6. The van der Waals surface area contributed by atoms with Crippen LogP contribution in [-0.2, 0) is 25.4 Å². The van der Waals surface area contributed by atoms with Gasteiger partial charge >= 0.3 is 0 Å². The van der Waals surface area contributed by atoms with Crippen LogP contribution in [0.15, 0.2) is 28.1 Å². The summed E-state index contributed by atoms with van der Waals surface area (Å²) in [6, 6.07) is 6.16. The fourth-order valence-corrected chi connectivity index (χ4v) is 3.84. The predicted octanol–water partition coefficient (Wildman–Crippen LogP) is 1.98. The van der Waals surface area contributed by atoms with Gasteiger partial charge in [0.05, 0.1) is 24.9 Å². The van der Waals surface area contributed by atoms with Gasteiger partial charge in [-0.15, -0.1) is 0 Å². The Morgan fingerprint density at radius 2 is 2.35 bits per heavy atom. The number of para-hydroxylation sites is 1. The van der Waals surface area contributed by atoms with Gasteiger partial charge in [0.15, 0.2) is 0 Å². The second-order valence-electron chi connectivity index (χ2n) is 3.79. The Morgan fingerprint density at radius 1 is 1.47 bits per heavy atom. The molecule has 17 heavy (non-hydrogen) atoms. The van der Waals surface area contributed by atoms with E-state index in [2.05, 4.69) is 16.4 Å². The van der Waals surface area contributed by atoms with Crippen LogP contribution in [0.25, 0.3) is 0 Å². The third-order valence-corrected chi connectivity index (χ3v) is 5.90. The number of nitrogens with one attached hydrogen (secondary N) is 1. The van der Waals surface area contributed by atoms with Crippen molar-refractivity contribution in [3.05, 3.63) is 23.8 Å². The Morgan fingerprint density at radius 3 is 3.12 bits per heavy atom. The largest absolute Gasteiger partial charge is 0.373 e. The molecular formula is C11H10N2OS3. The first kappa shape index (κ1) is 11.4. The molecule has 1 aromatic rings. The Hall–Kier alpha value is -0.690. The van der Waals surface area contributed by atoms with Gasteiger partial charge in [0.2, 0.25) is 0 Å². The van der Waals surface area contributed by atoms with Gasteiger partial charge in [0.1, 0.15) is 4.32 Å². The molecule has 1 N–H and O–H groups in total. The van der Waals surface area contributed by atoms with Crippen molar-refractivity contribution < 1.29 is 4.74 Å². The SMILES string of the molecule is S=C1Nc2c(C3COCC=N3)cccc2S1=S. The number of thiocarbonyl (C=S) groups is 1. The molecule has 0 saturated carbocycles. The van der Waals surface area contributed by atoms with Gasteiger partial charge in [-0.3, -0.25) is 4.99 Å². The molecule has 0 fully saturated rings. The minimum atomic E-state index is -0.396. The van der Waals surface area contributed by atoms with Gasteiger partial charge in [-0.25, -0.2) is 0 Å². The van der Waals surface area contributed by atoms with Crippen LogP contribution in [-0.4, -0.2) is 23.7 Å². The van der Waals surface area contributed by atoms with Crippen LogP contribution in [0.3, 0.4) is 0 Å². The third-order valence-electron chi connectivity index (χ3n) is 2.77. The van der Waals surface area contributed by atoms with Gasteiger partial charge in [0, 0.05) is 16.7 Å². The number of aliphatic imine (C=N–C) groups is 1. The maximum Gasteiger partial charge on any atom is 0.147 e. The summed E-state index contributed by atoms with van der Waals surface area (Å²) in [5, 5.41) is 3.22. The van der Waals surface area contributed by atoms with Crippen molar-refractivity contribution >= 4 is 49.1 Å². The van der Waals surface area contributed by atoms with Gasteiger partial charge in [0.25, 0.3) is 0 Å². The van der Waals surface area contributed by atoms with E-state index in [0.717, 1.165) is 20.5 Å². The summed E-state index contributed by atoms with van der Waals surface area (Å²) in [6.45, 7) is 1.22. The van der Waals surface area contributed by atoms with E-state index in [9.17, 15) is 0 Å². The van der Waals surface area contributed by atoms with Crippen molar-refractivity contribution in [1.82, 2.24) is 0 Å². The molecule has 2 heterocycles. The lowest BCUT2D eigenvalue weighted by Gasteiger charge is -2.19. The molecule has 6 heteroatoms. The van der Waals surface area contributed by atoms with Crippen molar-refractivity contribution in [3.63, 3.8) is 0 Å². The number of hydrogen-bond acceptors (Lipinski definition) is 4. The number of ether oxygens (including phenoxy) is 1. The molecule has 2 aliphatic heterocycles. The smallest absolute Gasteiger partial charge is 0.147 e. The highest BCUT2D eigenvalue weighted by atomic mass is 32.8. The summed E-state index contributed by atoms with van der Waals surface area (Å²) in [5.74, 6) is 0. The number of rotatable bonds is 1. The zero-order chi connectivity index (χ0) is 11.8. The zero-order valence-electron chi connectivity index (χ0n) is 8.88. The highest BCUT2D eigenvalue weighted by Crippen LogP contribution is 2.36. The van der Waals surface area contributed by atoms with Crippen LogP contribution >= 0.6 is 12.2 Å². The molecule has 0 saturated heterocycles. The average Bonchev–Trinajstić information content (AvgIpc) is 2.67. The number of hydrogen-bond donors (Lipinski definition) is 1. The fourth-order valence-electron chi connectivity index (χ4n) is 1.98. The molecule has 3 nitrogen and oxygen atoms in total. The van der Waals surface area contributed by atoms with E-state index >= 15 is 0 Å². The molecular weight excluding hydrogens is 272 g/mol. The number of anilines is 1. The van der Waals surface area contributed by atoms with Gasteiger partial charge in [-0.05, 0) is 26.7 Å². The molecule has 0 spiro atoms. The Kier molecular flexibility index (Phi) is 3.04. The first-order valence-corrected chi connectivity index (χ1v) is 7.78. The molecule has 2 aliphatic rings. The minimum Gasteiger partial charge on any atom is -0.373 e. The van der Waals surface area contributed by atoms with Crippen LogP contribution in [0, 0.1) is 0 Å². The standard InChI is InChI=1S/C11H10N2OS3/c15-11-13-10-7(8-6-14-5-4-12-8)2-1-3-9(10)17(11)16/h1-4,8H,5-6H2,(H,13,15). The van der Waals surface area contributed by atoms with E-state index in [1.807, 2.05) is 18.3 Å². The molecule has 0 radical (unpaired) electrons. The minimum absolute atomic E-state index is 0.0547. The van der Waals surface area contributed by atoms with Crippen molar-refractivity contribution in [1.29, 1.82) is 0 Å². The van der Waals surface area contributed by atoms with Crippen LogP contribution < -0.4 is 5.32 Å². The summed E-state index contributed by atoms with van der Waals surface area (Å²) in [4.78, 5) is 5.58. The van der Waals surface area contributed by atoms with Gasteiger partial charge < -0.3 is 10.1 Å². The maximum absolute atomic E-state index is 5.42. The maximum atomic E-state index is 5.42. The molecule has 2 unspecified atom stereocenters. The summed E-state index contributed by atoms with van der Waals surface area (Å²) < 4.78 is 6.16. The Balaban J connectivity index is 2.08. The van der Waals surface area contributed by atoms with E-state index in [-0.39, 0.29) is 6.04 Å². The molecule has 0 amide bonds. The Labute approximate surface area is 112 Å². The quantitative estimate of drug-likeness (QED) is 0.631. The number of benzene rings is 1. The van der Waals surface area contributed by atoms with Crippen molar-refractivity contribution in [3.8, 4) is 0 Å². The van der Waals surface area contributed by atoms with Crippen LogP contribution in [0.4, 0.5) is 5.69 Å². The molecule has 0 aromatic heterocycles. The van der Waals surface area contributed by atoms with E-state index in [0.29, 0.717) is 13.2 Å². The second-order valence-corrected chi connectivity index (χ2v) is 6.84. The average molecular weight is 282 g/mol. The third kappa shape index (κ3) is 1.95. The lowest BCUT2D eigenvalue weighted by Crippen LogP contribution is -2.14. The van der Waals surface area contributed by atoms with E-state index in [1.54, 1.807) is 0 Å². The van der Waals surface area contributed by atoms with E-state index < -0.39 is 9.45 Å². The first-order valence-electron chi connectivity index (χ1n) is 5.22. The number of fused-ring (bicyclic) bond motifs is 1. The first-order chi connectivity index (χ1) is 8.27. The monoisotopic (exact) mass is 282 g/mol. The van der Waals surface area contributed by atoms with Gasteiger partial charge in [-0.1, -0.05) is 24.4 Å². The summed E-state index contributed by atoms with van der Waals surface area (Å²) in [6.07, 6.45) is 1.81.